The Balaban J connectivity index is 2.22. The summed E-state index contributed by atoms with van der Waals surface area (Å²) in [5.41, 5.74) is 0.786. The van der Waals surface area contributed by atoms with E-state index in [4.69, 9.17) is 4.74 Å². The maximum absolute atomic E-state index is 12.2. The van der Waals surface area contributed by atoms with E-state index in [0.717, 1.165) is 10.9 Å². The summed E-state index contributed by atoms with van der Waals surface area (Å²) in [6, 6.07) is 9.60. The fraction of sp³-hybridized carbons (Fsp3) is 0.375. The standard InChI is InChI=1S/C16H20N2O2/c1-4-18(5-2)16(19)12(3)20-14-10-6-8-13-9-7-11-17-15(13)14/h6-12H,4-5H2,1-3H3. The van der Waals surface area contributed by atoms with Crippen molar-refractivity contribution in [3.63, 3.8) is 0 Å². The number of amides is 1. The van der Waals surface area contributed by atoms with E-state index in [-0.39, 0.29) is 5.91 Å². The van der Waals surface area contributed by atoms with Gasteiger partial charge < -0.3 is 9.64 Å². The van der Waals surface area contributed by atoms with Crippen molar-refractivity contribution in [2.45, 2.75) is 26.9 Å². The summed E-state index contributed by atoms with van der Waals surface area (Å²) in [4.78, 5) is 18.3. The first kappa shape index (κ1) is 14.3. The number of hydrogen-bond acceptors (Lipinski definition) is 3. The number of aromatic nitrogens is 1. The first-order valence-electron chi connectivity index (χ1n) is 6.96. The van der Waals surface area contributed by atoms with Crippen LogP contribution in [0.4, 0.5) is 0 Å². The van der Waals surface area contributed by atoms with Gasteiger partial charge in [-0.25, -0.2) is 0 Å². The number of carbonyl (C=O) groups excluding carboxylic acids is 1. The Labute approximate surface area is 119 Å². The van der Waals surface area contributed by atoms with Crippen molar-refractivity contribution in [3.05, 3.63) is 36.5 Å². The van der Waals surface area contributed by atoms with Crippen molar-refractivity contribution in [2.24, 2.45) is 0 Å². The van der Waals surface area contributed by atoms with Crippen molar-refractivity contribution >= 4 is 16.8 Å². The Bertz CT molecular complexity index is 589. The maximum Gasteiger partial charge on any atom is 0.263 e. The highest BCUT2D eigenvalue weighted by molar-refractivity contribution is 5.85. The van der Waals surface area contributed by atoms with Gasteiger partial charge in [0, 0.05) is 24.7 Å². The van der Waals surface area contributed by atoms with Crippen molar-refractivity contribution in [1.29, 1.82) is 0 Å². The molecule has 20 heavy (non-hydrogen) atoms. The molecule has 1 amide bonds. The SMILES string of the molecule is CCN(CC)C(=O)C(C)Oc1cccc2cccnc12. The molecule has 4 heteroatoms. The fourth-order valence-corrected chi connectivity index (χ4v) is 2.20. The molecule has 0 N–H and O–H groups in total. The van der Waals surface area contributed by atoms with Crippen LogP contribution in [-0.4, -0.2) is 35.0 Å². The Morgan fingerprint density at radius 2 is 1.95 bits per heavy atom. The highest BCUT2D eigenvalue weighted by Gasteiger charge is 2.20. The molecule has 2 rings (SSSR count). The molecule has 4 nitrogen and oxygen atoms in total. The molecular formula is C16H20N2O2. The van der Waals surface area contributed by atoms with Gasteiger partial charge in [-0.1, -0.05) is 18.2 Å². The normalized spacial score (nSPS) is 12.2. The average Bonchev–Trinajstić information content (AvgIpc) is 2.48. The van der Waals surface area contributed by atoms with Crippen molar-refractivity contribution in [1.82, 2.24) is 9.88 Å². The number of para-hydroxylation sites is 1. The minimum Gasteiger partial charge on any atom is -0.479 e. The second-order valence-electron chi connectivity index (χ2n) is 4.60. The number of pyridine rings is 1. The summed E-state index contributed by atoms with van der Waals surface area (Å²) in [7, 11) is 0. The predicted molar refractivity (Wildman–Crippen MR) is 79.8 cm³/mol. The zero-order valence-electron chi connectivity index (χ0n) is 12.2. The van der Waals surface area contributed by atoms with Crippen LogP contribution in [0.15, 0.2) is 36.5 Å². The Hall–Kier alpha value is -2.10. The summed E-state index contributed by atoms with van der Waals surface area (Å²) in [5.74, 6) is 0.652. The summed E-state index contributed by atoms with van der Waals surface area (Å²) >= 11 is 0. The third-order valence-electron chi connectivity index (χ3n) is 3.32. The van der Waals surface area contributed by atoms with Crippen LogP contribution in [0.25, 0.3) is 10.9 Å². The number of hydrogen-bond donors (Lipinski definition) is 0. The second-order valence-corrected chi connectivity index (χ2v) is 4.60. The number of fused-ring (bicyclic) bond motifs is 1. The van der Waals surface area contributed by atoms with Gasteiger partial charge in [-0.05, 0) is 32.9 Å². The number of benzene rings is 1. The van der Waals surface area contributed by atoms with Gasteiger partial charge in [0.15, 0.2) is 6.10 Å². The largest absolute Gasteiger partial charge is 0.479 e. The third kappa shape index (κ3) is 2.90. The highest BCUT2D eigenvalue weighted by Crippen LogP contribution is 2.24. The van der Waals surface area contributed by atoms with E-state index >= 15 is 0 Å². The highest BCUT2D eigenvalue weighted by atomic mass is 16.5. The van der Waals surface area contributed by atoms with Crippen molar-refractivity contribution in [3.8, 4) is 5.75 Å². The van der Waals surface area contributed by atoms with Crippen LogP contribution >= 0.6 is 0 Å². The molecule has 1 aromatic carbocycles. The lowest BCUT2D eigenvalue weighted by molar-refractivity contribution is -0.137. The van der Waals surface area contributed by atoms with Crippen LogP contribution in [-0.2, 0) is 4.79 Å². The topological polar surface area (TPSA) is 42.4 Å². The predicted octanol–water partition coefficient (Wildman–Crippen LogP) is 2.87. The monoisotopic (exact) mass is 272 g/mol. The molecular weight excluding hydrogens is 252 g/mol. The average molecular weight is 272 g/mol. The molecule has 0 radical (unpaired) electrons. The van der Waals surface area contributed by atoms with Crippen molar-refractivity contribution in [2.75, 3.05) is 13.1 Å². The van der Waals surface area contributed by atoms with E-state index < -0.39 is 6.10 Å². The van der Waals surface area contributed by atoms with Gasteiger partial charge in [0.2, 0.25) is 0 Å². The van der Waals surface area contributed by atoms with Crippen LogP contribution < -0.4 is 4.74 Å². The van der Waals surface area contributed by atoms with Gasteiger partial charge >= 0.3 is 0 Å². The van der Waals surface area contributed by atoms with Crippen molar-refractivity contribution < 1.29 is 9.53 Å². The molecule has 0 fully saturated rings. The van der Waals surface area contributed by atoms with E-state index in [1.165, 1.54) is 0 Å². The quantitative estimate of drug-likeness (QED) is 0.840. The molecule has 106 valence electrons. The first-order valence-corrected chi connectivity index (χ1v) is 6.96. The molecule has 0 aliphatic rings. The molecule has 0 saturated carbocycles. The lowest BCUT2D eigenvalue weighted by Gasteiger charge is -2.23. The van der Waals surface area contributed by atoms with Crippen LogP contribution in [0.2, 0.25) is 0 Å². The van der Waals surface area contributed by atoms with Gasteiger partial charge in [0.25, 0.3) is 5.91 Å². The van der Waals surface area contributed by atoms with Gasteiger partial charge in [0.1, 0.15) is 11.3 Å². The molecule has 1 heterocycles. The minimum atomic E-state index is -0.512. The van der Waals surface area contributed by atoms with E-state index in [2.05, 4.69) is 4.98 Å². The summed E-state index contributed by atoms with van der Waals surface area (Å²) in [6.45, 7) is 7.09. The maximum atomic E-state index is 12.2. The third-order valence-corrected chi connectivity index (χ3v) is 3.32. The zero-order valence-corrected chi connectivity index (χ0v) is 12.2. The summed E-state index contributed by atoms with van der Waals surface area (Å²) in [5, 5.41) is 1.01. The second kappa shape index (κ2) is 6.37. The van der Waals surface area contributed by atoms with Gasteiger partial charge in [-0.3, -0.25) is 9.78 Å². The lowest BCUT2D eigenvalue weighted by atomic mass is 10.2. The molecule has 1 atom stereocenters. The number of likely N-dealkylation sites (N-methyl/N-ethyl adjacent to an activating group) is 1. The van der Waals surface area contributed by atoms with Crippen LogP contribution in [0.5, 0.6) is 5.75 Å². The van der Waals surface area contributed by atoms with E-state index in [9.17, 15) is 4.79 Å². The van der Waals surface area contributed by atoms with E-state index in [0.29, 0.717) is 18.8 Å². The Kier molecular flexibility index (Phi) is 4.56. The smallest absolute Gasteiger partial charge is 0.263 e. The number of carbonyl (C=O) groups is 1. The van der Waals surface area contributed by atoms with Gasteiger partial charge in [0.05, 0.1) is 0 Å². The Morgan fingerprint density at radius 3 is 2.65 bits per heavy atom. The number of ether oxygens (including phenoxy) is 1. The molecule has 0 aliphatic carbocycles. The van der Waals surface area contributed by atoms with Crippen LogP contribution in [0.1, 0.15) is 20.8 Å². The van der Waals surface area contributed by atoms with Crippen LogP contribution in [0.3, 0.4) is 0 Å². The Morgan fingerprint density at radius 1 is 1.25 bits per heavy atom. The lowest BCUT2D eigenvalue weighted by Crippen LogP contribution is -2.40. The molecule has 2 aromatic rings. The molecule has 0 spiro atoms. The van der Waals surface area contributed by atoms with Crippen LogP contribution in [0, 0.1) is 0 Å². The van der Waals surface area contributed by atoms with Gasteiger partial charge in [-0.15, -0.1) is 0 Å². The van der Waals surface area contributed by atoms with E-state index in [1.807, 2.05) is 44.2 Å². The molecule has 0 aliphatic heterocycles. The molecule has 1 aromatic heterocycles. The summed E-state index contributed by atoms with van der Waals surface area (Å²) < 4.78 is 5.82. The fourth-order valence-electron chi connectivity index (χ4n) is 2.20. The molecule has 0 bridgehead atoms. The number of nitrogens with zero attached hydrogens (tertiary/aromatic N) is 2. The first-order chi connectivity index (χ1) is 9.67. The van der Waals surface area contributed by atoms with E-state index in [1.54, 1.807) is 18.0 Å². The summed E-state index contributed by atoms with van der Waals surface area (Å²) in [6.07, 6.45) is 1.22. The molecule has 1 unspecified atom stereocenters. The minimum absolute atomic E-state index is 0.00272. The van der Waals surface area contributed by atoms with Gasteiger partial charge in [-0.2, -0.15) is 0 Å². The zero-order chi connectivity index (χ0) is 14.5. The number of rotatable bonds is 5. The molecule has 0 saturated heterocycles.